The Bertz CT molecular complexity index is 1390. The van der Waals surface area contributed by atoms with E-state index in [2.05, 4.69) is 20.4 Å². The van der Waals surface area contributed by atoms with Crippen molar-refractivity contribution in [2.45, 2.75) is 194 Å². The molecule has 8 fully saturated rings. The largest absolute Gasteiger partial charge is 0.450 e. The number of ether oxygens (including phenoxy) is 2. The number of piperidine rings is 2. The van der Waals surface area contributed by atoms with Crippen LogP contribution in [0.4, 0.5) is 0 Å². The molecule has 2 spiro atoms. The summed E-state index contributed by atoms with van der Waals surface area (Å²) in [7, 11) is 0. The molecule has 4 saturated heterocycles. The topological polar surface area (TPSA) is 83.1 Å². The Labute approximate surface area is 293 Å². The maximum absolute atomic E-state index is 12.8. The van der Waals surface area contributed by atoms with Crippen LogP contribution in [0, 0.1) is 11.8 Å². The zero-order chi connectivity index (χ0) is 32.7. The van der Waals surface area contributed by atoms with Crippen LogP contribution in [0.2, 0.25) is 0 Å². The molecule has 6 unspecified atom stereocenters. The van der Waals surface area contributed by atoms with Gasteiger partial charge in [-0.1, -0.05) is 51.4 Å². The fourth-order valence-electron chi connectivity index (χ4n) is 13.7. The second-order valence-electron chi connectivity index (χ2n) is 18.3. The highest BCUT2D eigenvalue weighted by atomic mass is 16.6. The normalized spacial score (nSPS) is 47.1. The lowest BCUT2D eigenvalue weighted by Gasteiger charge is -2.43. The number of fused-ring (bicyclic) bond motifs is 6. The first kappa shape index (κ1) is 32.0. The molecule has 0 amide bonds. The van der Waals surface area contributed by atoms with Gasteiger partial charge in [-0.25, -0.2) is 9.59 Å². The van der Waals surface area contributed by atoms with Gasteiger partial charge in [0.2, 0.25) is 0 Å². The summed E-state index contributed by atoms with van der Waals surface area (Å²) in [5, 5.41) is 8.44. The van der Waals surface area contributed by atoms with Crippen molar-refractivity contribution in [1.29, 1.82) is 0 Å². The molecule has 0 aromatic carbocycles. The molecule has 4 aliphatic carbocycles. The number of nitrogens with one attached hydrogen (secondary N) is 2. The standard InChI is InChI=1S/C41H60N4O4/c46-38-21-28-19-32(34-23-40(28,48-38)36-13-6-7-18-44(34)36)43-31-12-8-9-26(14-16-31)27-15-17-37-41-24-35(45(37)25-27)33(20-29(41)22-39(47)49-41)42-30-10-4-2-1-3-5-11-30/h21-22,26-27,30-37,42-43H,1-20,23-25H2/t26?,27?,31?,32?,33?,34-,35-,36+,37?,40-,41-/m0/s1. The SMILES string of the molecule is O=C1C=C2CC(NC3CCCCCCC3)[C@@H]3C[C@@]2(O1)C1CCC(C2CCCC(NC4CC5=CC(=O)O[C@@]56C[C@@H]4N4CCCC[C@@H]46)CC2)CN13. The van der Waals surface area contributed by atoms with Crippen molar-refractivity contribution in [1.82, 2.24) is 20.4 Å². The third-order valence-corrected chi connectivity index (χ3v) is 15.9. The van der Waals surface area contributed by atoms with Gasteiger partial charge in [-0.3, -0.25) is 9.80 Å². The zero-order valence-electron chi connectivity index (χ0n) is 29.7. The van der Waals surface area contributed by atoms with Crippen LogP contribution in [0.15, 0.2) is 23.3 Å². The predicted molar refractivity (Wildman–Crippen MR) is 188 cm³/mol. The van der Waals surface area contributed by atoms with Gasteiger partial charge in [0.25, 0.3) is 0 Å². The van der Waals surface area contributed by atoms with Crippen LogP contribution in [0.25, 0.3) is 0 Å². The average molecular weight is 673 g/mol. The van der Waals surface area contributed by atoms with E-state index in [0.29, 0.717) is 48.3 Å². The molecular weight excluding hydrogens is 612 g/mol. The van der Waals surface area contributed by atoms with Crippen molar-refractivity contribution in [2.24, 2.45) is 11.8 Å². The van der Waals surface area contributed by atoms with Gasteiger partial charge in [0, 0.05) is 67.8 Å². The highest BCUT2D eigenvalue weighted by Gasteiger charge is 2.66. The lowest BCUT2D eigenvalue weighted by molar-refractivity contribution is -0.150. The summed E-state index contributed by atoms with van der Waals surface area (Å²) in [6, 6.07) is 3.76. The van der Waals surface area contributed by atoms with E-state index in [9.17, 15) is 9.59 Å². The predicted octanol–water partition coefficient (Wildman–Crippen LogP) is 5.70. The minimum absolute atomic E-state index is 0.0907. The Hall–Kier alpha value is -1.74. The van der Waals surface area contributed by atoms with E-state index in [1.807, 2.05) is 12.2 Å². The molecule has 268 valence electrons. The Morgan fingerprint density at radius 1 is 0.571 bits per heavy atom. The van der Waals surface area contributed by atoms with E-state index in [1.54, 1.807) is 0 Å². The fourth-order valence-corrected chi connectivity index (χ4v) is 13.7. The zero-order valence-corrected chi connectivity index (χ0v) is 29.7. The van der Waals surface area contributed by atoms with Gasteiger partial charge in [0.1, 0.15) is 0 Å². The number of nitrogens with zero attached hydrogens (tertiary/aromatic N) is 2. The molecule has 8 heteroatoms. The van der Waals surface area contributed by atoms with Gasteiger partial charge >= 0.3 is 11.9 Å². The molecule has 49 heavy (non-hydrogen) atoms. The molecule has 0 aromatic rings. The van der Waals surface area contributed by atoms with Gasteiger partial charge in [0.05, 0.1) is 12.1 Å². The number of carbonyl (C=O) groups is 2. The first-order valence-electron chi connectivity index (χ1n) is 20.9. The number of esters is 2. The van der Waals surface area contributed by atoms with E-state index in [0.717, 1.165) is 50.5 Å². The molecule has 6 heterocycles. The fraction of sp³-hybridized carbons (Fsp3) is 0.854. The molecule has 0 aromatic heterocycles. The first-order chi connectivity index (χ1) is 24.0. The van der Waals surface area contributed by atoms with E-state index in [-0.39, 0.29) is 23.1 Å². The monoisotopic (exact) mass is 672 g/mol. The smallest absolute Gasteiger partial charge is 0.331 e. The van der Waals surface area contributed by atoms with Crippen LogP contribution in [0.3, 0.4) is 0 Å². The number of hydrogen-bond acceptors (Lipinski definition) is 8. The molecule has 10 rings (SSSR count). The lowest BCUT2D eigenvalue weighted by atomic mass is 9.73. The number of rotatable bonds is 5. The van der Waals surface area contributed by atoms with Gasteiger partial charge in [-0.15, -0.1) is 0 Å². The molecular formula is C41H60N4O4. The maximum atomic E-state index is 12.8. The summed E-state index contributed by atoms with van der Waals surface area (Å²) in [4.78, 5) is 30.9. The Balaban J connectivity index is 0.812. The third kappa shape index (κ3) is 5.26. The van der Waals surface area contributed by atoms with Gasteiger partial charge in [-0.2, -0.15) is 0 Å². The molecule has 11 atom stereocenters. The summed E-state index contributed by atoms with van der Waals surface area (Å²) < 4.78 is 12.5. The van der Waals surface area contributed by atoms with Crippen LogP contribution in [0.1, 0.15) is 135 Å². The van der Waals surface area contributed by atoms with Gasteiger partial charge < -0.3 is 20.1 Å². The van der Waals surface area contributed by atoms with Crippen molar-refractivity contribution >= 4 is 11.9 Å². The van der Waals surface area contributed by atoms with Crippen LogP contribution in [-0.4, -0.2) is 94.4 Å². The van der Waals surface area contributed by atoms with Crippen LogP contribution >= 0.6 is 0 Å². The van der Waals surface area contributed by atoms with Crippen molar-refractivity contribution in [3.63, 3.8) is 0 Å². The minimum Gasteiger partial charge on any atom is -0.450 e. The molecule has 8 nitrogen and oxygen atoms in total. The lowest BCUT2D eigenvalue weighted by Crippen LogP contribution is -2.54. The molecule has 4 saturated carbocycles. The van der Waals surface area contributed by atoms with E-state index >= 15 is 0 Å². The van der Waals surface area contributed by atoms with Crippen molar-refractivity contribution < 1.29 is 19.1 Å². The summed E-state index contributed by atoms with van der Waals surface area (Å²) in [5.41, 5.74) is 1.92. The van der Waals surface area contributed by atoms with Crippen molar-refractivity contribution in [3.8, 4) is 0 Å². The van der Waals surface area contributed by atoms with E-state index in [1.165, 1.54) is 120 Å². The number of hydrogen-bond donors (Lipinski definition) is 2. The molecule has 4 bridgehead atoms. The molecule has 0 radical (unpaired) electrons. The quantitative estimate of drug-likeness (QED) is 0.285. The Morgan fingerprint density at radius 2 is 1.14 bits per heavy atom. The first-order valence-corrected chi connectivity index (χ1v) is 20.9. The third-order valence-electron chi connectivity index (χ3n) is 15.9. The van der Waals surface area contributed by atoms with Crippen LogP contribution in [0.5, 0.6) is 0 Å². The summed E-state index contributed by atoms with van der Waals surface area (Å²) in [5.74, 6) is 1.33. The molecule has 6 aliphatic heterocycles. The Morgan fingerprint density at radius 3 is 1.86 bits per heavy atom. The average Bonchev–Trinajstić information content (AvgIpc) is 3.71. The molecule has 10 aliphatic rings. The van der Waals surface area contributed by atoms with Crippen molar-refractivity contribution in [2.75, 3.05) is 13.1 Å². The van der Waals surface area contributed by atoms with Gasteiger partial charge in [-0.05, 0) is 100 Å². The van der Waals surface area contributed by atoms with Gasteiger partial charge in [0.15, 0.2) is 11.2 Å². The van der Waals surface area contributed by atoms with E-state index < -0.39 is 0 Å². The van der Waals surface area contributed by atoms with Crippen molar-refractivity contribution in [3.05, 3.63) is 23.3 Å². The summed E-state index contributed by atoms with van der Waals surface area (Å²) in [6.07, 6.45) is 29.8. The summed E-state index contributed by atoms with van der Waals surface area (Å²) in [6.45, 7) is 2.33. The highest BCUT2D eigenvalue weighted by molar-refractivity contribution is 5.88. The van der Waals surface area contributed by atoms with E-state index in [4.69, 9.17) is 9.47 Å². The second kappa shape index (κ2) is 12.4. The Kier molecular flexibility index (Phi) is 8.12. The number of carbonyl (C=O) groups excluding carboxylic acids is 2. The second-order valence-corrected chi connectivity index (χ2v) is 18.3. The van der Waals surface area contributed by atoms with Crippen LogP contribution < -0.4 is 10.6 Å². The maximum Gasteiger partial charge on any atom is 0.331 e. The highest BCUT2D eigenvalue weighted by Crippen LogP contribution is 2.56. The van der Waals surface area contributed by atoms with Crippen LogP contribution in [-0.2, 0) is 19.1 Å². The minimum atomic E-state index is -0.347. The molecule has 2 N–H and O–H groups in total. The summed E-state index contributed by atoms with van der Waals surface area (Å²) >= 11 is 0.